The van der Waals surface area contributed by atoms with Crippen molar-refractivity contribution in [2.45, 2.75) is 25.4 Å². The van der Waals surface area contributed by atoms with E-state index in [9.17, 15) is 4.79 Å². The van der Waals surface area contributed by atoms with E-state index in [0.29, 0.717) is 17.1 Å². The molecule has 0 saturated heterocycles. The molecular weight excluding hydrogens is 260 g/mol. The van der Waals surface area contributed by atoms with Gasteiger partial charge in [0.15, 0.2) is 12.0 Å². The summed E-state index contributed by atoms with van der Waals surface area (Å²) in [7, 11) is 8.04. The molecule has 1 amide bonds. The maximum atomic E-state index is 11.9. The Balaban J connectivity index is 2.40. The molecule has 6 heteroatoms. The van der Waals surface area contributed by atoms with Crippen molar-refractivity contribution in [3.05, 3.63) is 11.1 Å². The minimum atomic E-state index is 0.0167. The van der Waals surface area contributed by atoms with Crippen LogP contribution in [0.5, 0.6) is 0 Å². The maximum Gasteiger partial charge on any atom is 0.277 e. The number of amides is 1. The number of likely N-dealkylation sites (N-methyl/N-ethyl adjacent to an activating group) is 1. The zero-order valence-corrected chi connectivity index (χ0v) is 13.7. The predicted octanol–water partition coefficient (Wildman–Crippen LogP) is 0.610. The molecule has 0 spiro atoms. The van der Waals surface area contributed by atoms with Crippen molar-refractivity contribution in [3.63, 3.8) is 0 Å². The van der Waals surface area contributed by atoms with Crippen LogP contribution in [0, 0.1) is 0 Å². The topological polar surface area (TPSA) is 44.4 Å². The fourth-order valence-electron chi connectivity index (χ4n) is 1.69. The normalized spacial score (nSPS) is 19.8. The molecule has 0 fully saturated rings. The van der Waals surface area contributed by atoms with Crippen LogP contribution in [-0.4, -0.2) is 68.1 Å². The summed E-state index contributed by atoms with van der Waals surface area (Å²) >= 11 is 1.70. The molecule has 1 atom stereocenters. The van der Waals surface area contributed by atoms with E-state index in [-0.39, 0.29) is 11.4 Å². The van der Waals surface area contributed by atoms with Crippen LogP contribution in [0.4, 0.5) is 0 Å². The van der Waals surface area contributed by atoms with E-state index in [2.05, 4.69) is 35.6 Å². The molecule has 1 unspecified atom stereocenters. The van der Waals surface area contributed by atoms with Crippen LogP contribution >= 0.6 is 11.8 Å². The first-order valence-corrected chi connectivity index (χ1v) is 7.48. The van der Waals surface area contributed by atoms with Crippen molar-refractivity contribution in [1.82, 2.24) is 15.5 Å². The summed E-state index contributed by atoms with van der Waals surface area (Å²) in [5.41, 5.74) is 0.0167. The van der Waals surface area contributed by atoms with E-state index in [4.69, 9.17) is 0 Å². The molecule has 5 nitrogen and oxygen atoms in total. The third-order valence-corrected chi connectivity index (χ3v) is 3.79. The number of thioether (sulfide) groups is 1. The highest BCUT2D eigenvalue weighted by atomic mass is 32.2. The van der Waals surface area contributed by atoms with Gasteiger partial charge in [-0.15, -0.1) is 0 Å². The van der Waals surface area contributed by atoms with Gasteiger partial charge in [-0.2, -0.15) is 0 Å². The Labute approximate surface area is 121 Å². The summed E-state index contributed by atoms with van der Waals surface area (Å²) in [6, 6.07) is 0.471. The third kappa shape index (κ3) is 6.31. The van der Waals surface area contributed by atoms with Gasteiger partial charge in [0.1, 0.15) is 0 Å². The predicted molar refractivity (Wildman–Crippen MR) is 81.4 cm³/mol. The Morgan fingerprint density at radius 1 is 1.47 bits per heavy atom. The van der Waals surface area contributed by atoms with Crippen LogP contribution < -0.4 is 10.6 Å². The maximum absolute atomic E-state index is 11.9. The summed E-state index contributed by atoms with van der Waals surface area (Å²) in [4.78, 5) is 15.2. The van der Waals surface area contributed by atoms with Gasteiger partial charge < -0.3 is 20.0 Å². The van der Waals surface area contributed by atoms with Gasteiger partial charge in [-0.1, -0.05) is 25.6 Å². The standard InChI is InChI=1S/C13H26N4OS/c1-10(2)14-7-11-8-16(3)13(19-11)15-12(18)9-17(4,5)6/h8,10,13-14H,7,9H2,1-6H3/p+1. The van der Waals surface area contributed by atoms with Crippen LogP contribution in [0.15, 0.2) is 11.1 Å². The number of rotatable bonds is 6. The third-order valence-electron chi connectivity index (χ3n) is 2.57. The molecule has 110 valence electrons. The van der Waals surface area contributed by atoms with Crippen molar-refractivity contribution in [1.29, 1.82) is 0 Å². The zero-order valence-electron chi connectivity index (χ0n) is 12.9. The first-order valence-electron chi connectivity index (χ1n) is 6.60. The number of nitrogens with one attached hydrogen (secondary N) is 2. The quantitative estimate of drug-likeness (QED) is 0.703. The van der Waals surface area contributed by atoms with Crippen LogP contribution in [-0.2, 0) is 4.79 Å². The van der Waals surface area contributed by atoms with Crippen LogP contribution in [0.2, 0.25) is 0 Å². The summed E-state index contributed by atoms with van der Waals surface area (Å²) in [6.45, 7) is 5.60. The second-order valence-electron chi connectivity index (χ2n) is 6.28. The van der Waals surface area contributed by atoms with Gasteiger partial charge in [-0.05, 0) is 0 Å². The fourth-order valence-corrected chi connectivity index (χ4v) is 2.79. The molecule has 1 rings (SSSR count). The van der Waals surface area contributed by atoms with Gasteiger partial charge in [-0.25, -0.2) is 0 Å². The van der Waals surface area contributed by atoms with Crippen LogP contribution in [0.25, 0.3) is 0 Å². The number of hydrogen-bond acceptors (Lipinski definition) is 4. The average molecular weight is 287 g/mol. The molecule has 2 N–H and O–H groups in total. The Kier molecular flexibility index (Phi) is 5.70. The van der Waals surface area contributed by atoms with Crippen molar-refractivity contribution < 1.29 is 9.28 Å². The highest BCUT2D eigenvalue weighted by Gasteiger charge is 2.25. The van der Waals surface area contributed by atoms with E-state index in [1.54, 1.807) is 11.8 Å². The largest absolute Gasteiger partial charge is 0.351 e. The molecule has 0 aliphatic carbocycles. The van der Waals surface area contributed by atoms with Gasteiger partial charge in [0, 0.05) is 30.7 Å². The molecular formula is C13H27N4OS+. The van der Waals surface area contributed by atoms with Crippen molar-refractivity contribution in [3.8, 4) is 0 Å². The van der Waals surface area contributed by atoms with E-state index >= 15 is 0 Å². The van der Waals surface area contributed by atoms with E-state index in [1.807, 2.05) is 28.2 Å². The highest BCUT2D eigenvalue weighted by Crippen LogP contribution is 2.29. The van der Waals surface area contributed by atoms with Gasteiger partial charge in [-0.3, -0.25) is 4.79 Å². The molecule has 0 aromatic carbocycles. The Bertz CT molecular complexity index is 349. The minimum absolute atomic E-state index is 0.0167. The molecule has 0 radical (unpaired) electrons. The first kappa shape index (κ1) is 16.3. The molecule has 0 bridgehead atoms. The van der Waals surface area contributed by atoms with E-state index in [0.717, 1.165) is 6.54 Å². The van der Waals surface area contributed by atoms with Gasteiger partial charge in [0.2, 0.25) is 0 Å². The monoisotopic (exact) mass is 287 g/mol. The minimum Gasteiger partial charge on any atom is -0.351 e. The molecule has 1 aliphatic heterocycles. The molecule has 19 heavy (non-hydrogen) atoms. The van der Waals surface area contributed by atoms with Crippen LogP contribution in [0.3, 0.4) is 0 Å². The van der Waals surface area contributed by atoms with Gasteiger partial charge in [0.05, 0.1) is 21.1 Å². The Morgan fingerprint density at radius 3 is 2.63 bits per heavy atom. The smallest absolute Gasteiger partial charge is 0.277 e. The molecule has 1 heterocycles. The average Bonchev–Trinajstić information content (AvgIpc) is 2.54. The Morgan fingerprint density at radius 2 is 2.11 bits per heavy atom. The number of quaternary nitrogens is 1. The second-order valence-corrected chi connectivity index (χ2v) is 7.49. The lowest BCUT2D eigenvalue weighted by molar-refractivity contribution is -0.862. The van der Waals surface area contributed by atoms with Gasteiger partial charge >= 0.3 is 0 Å². The number of nitrogens with zero attached hydrogens (tertiary/aromatic N) is 2. The lowest BCUT2D eigenvalue weighted by atomic mass is 10.4. The lowest BCUT2D eigenvalue weighted by Gasteiger charge is -2.26. The SMILES string of the molecule is CC(C)NCC1=CN(C)C(NC(=O)C[N+](C)(C)C)S1. The number of carbonyl (C=O) groups is 1. The van der Waals surface area contributed by atoms with Crippen molar-refractivity contribution >= 4 is 17.7 Å². The number of hydrogen-bond donors (Lipinski definition) is 2. The van der Waals surface area contributed by atoms with Crippen molar-refractivity contribution in [2.24, 2.45) is 0 Å². The highest BCUT2D eigenvalue weighted by molar-refractivity contribution is 8.03. The lowest BCUT2D eigenvalue weighted by Crippen LogP contribution is -2.48. The van der Waals surface area contributed by atoms with Gasteiger partial charge in [0.25, 0.3) is 5.91 Å². The summed E-state index contributed by atoms with van der Waals surface area (Å²) in [5, 5.41) is 6.45. The van der Waals surface area contributed by atoms with E-state index < -0.39 is 0 Å². The number of carbonyl (C=O) groups excluding carboxylic acids is 1. The summed E-state index contributed by atoms with van der Waals surface area (Å²) < 4.78 is 0.641. The van der Waals surface area contributed by atoms with E-state index in [1.165, 1.54) is 4.91 Å². The summed E-state index contributed by atoms with van der Waals surface area (Å²) in [6.07, 6.45) is 2.09. The molecule has 0 aromatic heterocycles. The first-order chi connectivity index (χ1) is 8.67. The molecule has 0 saturated carbocycles. The van der Waals surface area contributed by atoms with Crippen molar-refractivity contribution in [2.75, 3.05) is 41.3 Å². The molecule has 1 aliphatic rings. The summed E-state index contributed by atoms with van der Waals surface area (Å²) in [5.74, 6) is 0.0864. The second kappa shape index (κ2) is 6.63. The Hall–Kier alpha value is -0.720. The van der Waals surface area contributed by atoms with Crippen LogP contribution in [0.1, 0.15) is 13.8 Å². The fraction of sp³-hybridized carbons (Fsp3) is 0.769. The molecule has 0 aromatic rings. The zero-order chi connectivity index (χ0) is 14.6.